The Hall–Kier alpha value is -2.39. The first-order chi connectivity index (χ1) is 13.3. The molecule has 140 valence electrons. The molecule has 3 aromatic heterocycles. The molecule has 0 bridgehead atoms. The highest BCUT2D eigenvalue weighted by Gasteiger charge is 2.22. The maximum absolute atomic E-state index is 4.77. The third kappa shape index (κ3) is 3.10. The molecule has 1 saturated heterocycles. The number of hydrogen-bond acceptors (Lipinski definition) is 7. The van der Waals surface area contributed by atoms with Crippen LogP contribution in [0.5, 0.6) is 0 Å². The number of H-pyrrole nitrogens is 1. The Kier molecular flexibility index (Phi) is 4.33. The minimum absolute atomic E-state index is 0.349. The van der Waals surface area contributed by atoms with E-state index in [4.69, 9.17) is 5.10 Å². The molecule has 0 radical (unpaired) electrons. The zero-order valence-corrected chi connectivity index (χ0v) is 16.0. The van der Waals surface area contributed by atoms with E-state index in [0.29, 0.717) is 6.04 Å². The van der Waals surface area contributed by atoms with Gasteiger partial charge in [-0.1, -0.05) is 0 Å². The summed E-state index contributed by atoms with van der Waals surface area (Å²) in [7, 11) is 0. The molecule has 0 amide bonds. The van der Waals surface area contributed by atoms with E-state index in [2.05, 4.69) is 43.4 Å². The van der Waals surface area contributed by atoms with Gasteiger partial charge in [0.05, 0.1) is 22.5 Å². The molecule has 0 spiro atoms. The Morgan fingerprint density at radius 2 is 2.26 bits per heavy atom. The van der Waals surface area contributed by atoms with E-state index in [9.17, 15) is 0 Å². The summed E-state index contributed by atoms with van der Waals surface area (Å²) in [5.41, 5.74) is 2.97. The molecule has 0 aliphatic carbocycles. The maximum atomic E-state index is 4.77. The Bertz CT molecular complexity index is 984. The third-order valence-electron chi connectivity index (χ3n) is 5.14. The van der Waals surface area contributed by atoms with E-state index in [1.54, 1.807) is 6.33 Å². The Morgan fingerprint density at radius 1 is 1.30 bits per heavy atom. The average molecular weight is 382 g/mol. The van der Waals surface area contributed by atoms with Gasteiger partial charge in [-0.25, -0.2) is 9.97 Å². The minimum atomic E-state index is 0.349. The van der Waals surface area contributed by atoms with E-state index in [0.717, 1.165) is 64.8 Å². The fraction of sp³-hybridized carbons (Fsp3) is 0.444. The van der Waals surface area contributed by atoms with Gasteiger partial charge in [0.25, 0.3) is 0 Å². The van der Waals surface area contributed by atoms with Crippen LogP contribution in [0, 0.1) is 6.92 Å². The number of aromatic nitrogens is 6. The van der Waals surface area contributed by atoms with Crippen LogP contribution in [-0.2, 0) is 0 Å². The van der Waals surface area contributed by atoms with Crippen LogP contribution in [-0.4, -0.2) is 55.3 Å². The van der Waals surface area contributed by atoms with Gasteiger partial charge < -0.3 is 15.2 Å². The van der Waals surface area contributed by atoms with Gasteiger partial charge >= 0.3 is 0 Å². The molecule has 5 heterocycles. The molecule has 2 N–H and O–H groups in total. The van der Waals surface area contributed by atoms with Crippen LogP contribution < -0.4 is 10.2 Å². The van der Waals surface area contributed by atoms with E-state index < -0.39 is 0 Å². The van der Waals surface area contributed by atoms with Crippen LogP contribution in [0.1, 0.15) is 30.1 Å². The quantitative estimate of drug-likeness (QED) is 0.719. The number of aryl methyl sites for hydroxylation is 1. The van der Waals surface area contributed by atoms with Crippen LogP contribution >= 0.6 is 11.8 Å². The van der Waals surface area contributed by atoms with Crippen molar-refractivity contribution in [3.8, 4) is 0 Å². The van der Waals surface area contributed by atoms with Crippen molar-refractivity contribution in [1.29, 1.82) is 0 Å². The molecular formula is C18H22N8S. The van der Waals surface area contributed by atoms with E-state index in [1.807, 2.05) is 29.0 Å². The van der Waals surface area contributed by atoms with Crippen LogP contribution in [0.15, 0.2) is 24.9 Å². The van der Waals surface area contributed by atoms with Gasteiger partial charge in [0.2, 0.25) is 0 Å². The van der Waals surface area contributed by atoms with Crippen LogP contribution in [0.4, 0.5) is 5.82 Å². The zero-order chi connectivity index (χ0) is 18.2. The van der Waals surface area contributed by atoms with Crippen LogP contribution in [0.25, 0.3) is 15.9 Å². The van der Waals surface area contributed by atoms with Crippen molar-refractivity contribution in [3.05, 3.63) is 36.2 Å². The molecule has 1 atom stereocenters. The highest BCUT2D eigenvalue weighted by atomic mass is 32.2. The fourth-order valence-electron chi connectivity index (χ4n) is 3.72. The number of piperidine rings is 1. The van der Waals surface area contributed by atoms with Gasteiger partial charge in [-0.3, -0.25) is 0 Å². The highest BCUT2D eigenvalue weighted by Crippen LogP contribution is 2.34. The zero-order valence-electron chi connectivity index (χ0n) is 15.2. The van der Waals surface area contributed by atoms with Gasteiger partial charge in [0.1, 0.15) is 23.5 Å². The standard InChI is InChI=1S/C18H22N8S/c1-12-7-20-17-16(12)18(22-11-21-17)25-5-6-27-15(10-25)14-9-23-26(24-14)13-3-2-4-19-8-13/h7,9-11,13,19H,2-6,8H2,1H3,(H,20,21,22). The molecule has 1 fully saturated rings. The number of nitrogens with one attached hydrogen (secondary N) is 2. The Morgan fingerprint density at radius 3 is 3.15 bits per heavy atom. The lowest BCUT2D eigenvalue weighted by molar-refractivity contribution is 0.317. The number of nitrogens with zero attached hydrogens (tertiary/aromatic N) is 6. The summed E-state index contributed by atoms with van der Waals surface area (Å²) in [5.74, 6) is 1.93. The number of thioether (sulfide) groups is 1. The largest absolute Gasteiger partial charge is 0.346 e. The van der Waals surface area contributed by atoms with Crippen molar-refractivity contribution in [2.24, 2.45) is 0 Å². The minimum Gasteiger partial charge on any atom is -0.346 e. The van der Waals surface area contributed by atoms with E-state index in [1.165, 1.54) is 6.42 Å². The second-order valence-corrected chi connectivity index (χ2v) is 8.11. The summed E-state index contributed by atoms with van der Waals surface area (Å²) in [6.45, 7) is 5.02. The fourth-order valence-corrected chi connectivity index (χ4v) is 4.67. The molecule has 1 unspecified atom stereocenters. The van der Waals surface area contributed by atoms with Gasteiger partial charge in [-0.05, 0) is 31.9 Å². The first kappa shape index (κ1) is 16.8. The van der Waals surface area contributed by atoms with Crippen molar-refractivity contribution >= 4 is 33.5 Å². The lowest BCUT2D eigenvalue weighted by atomic mass is 10.1. The molecule has 5 rings (SSSR count). The van der Waals surface area contributed by atoms with Gasteiger partial charge in [-0.15, -0.1) is 11.8 Å². The number of aromatic amines is 1. The molecule has 0 saturated carbocycles. The topological polar surface area (TPSA) is 87.5 Å². The first-order valence-corrected chi connectivity index (χ1v) is 10.3. The predicted octanol–water partition coefficient (Wildman–Crippen LogP) is 2.33. The van der Waals surface area contributed by atoms with Gasteiger partial charge in [0, 0.05) is 31.2 Å². The van der Waals surface area contributed by atoms with Crippen molar-refractivity contribution in [2.75, 3.05) is 30.3 Å². The Balaban J connectivity index is 1.46. The Labute approximate surface area is 161 Å². The second kappa shape index (κ2) is 6.97. The van der Waals surface area contributed by atoms with E-state index in [-0.39, 0.29) is 0 Å². The van der Waals surface area contributed by atoms with Crippen molar-refractivity contribution in [1.82, 2.24) is 35.3 Å². The lowest BCUT2D eigenvalue weighted by Gasteiger charge is -2.25. The van der Waals surface area contributed by atoms with Crippen LogP contribution in [0.2, 0.25) is 0 Å². The number of hydrogen-bond donors (Lipinski definition) is 2. The predicted molar refractivity (Wildman–Crippen MR) is 108 cm³/mol. The lowest BCUT2D eigenvalue weighted by Crippen LogP contribution is -2.32. The maximum Gasteiger partial charge on any atom is 0.145 e. The van der Waals surface area contributed by atoms with Gasteiger partial charge in [-0.2, -0.15) is 15.0 Å². The summed E-state index contributed by atoms with van der Waals surface area (Å²) >= 11 is 1.82. The SMILES string of the molecule is Cc1c[nH]c2ncnc(N3C=C(c4cnn(C5CCCNC5)n4)SCC3)c12. The summed E-state index contributed by atoms with van der Waals surface area (Å²) in [5, 5.41) is 13.8. The average Bonchev–Trinajstić information content (AvgIpc) is 3.36. The van der Waals surface area contributed by atoms with Crippen molar-refractivity contribution < 1.29 is 0 Å². The molecule has 2 aliphatic rings. The number of anilines is 1. The normalized spacial score (nSPS) is 20.9. The molecule has 9 heteroatoms. The number of rotatable bonds is 3. The molecular weight excluding hydrogens is 360 g/mol. The summed E-state index contributed by atoms with van der Waals surface area (Å²) in [4.78, 5) is 17.3. The highest BCUT2D eigenvalue weighted by molar-refractivity contribution is 8.08. The van der Waals surface area contributed by atoms with Crippen LogP contribution in [0.3, 0.4) is 0 Å². The monoisotopic (exact) mass is 382 g/mol. The van der Waals surface area contributed by atoms with E-state index >= 15 is 0 Å². The molecule has 8 nitrogen and oxygen atoms in total. The summed E-state index contributed by atoms with van der Waals surface area (Å²) in [6.07, 6.45) is 9.94. The van der Waals surface area contributed by atoms with Crippen molar-refractivity contribution in [3.63, 3.8) is 0 Å². The molecule has 27 heavy (non-hydrogen) atoms. The third-order valence-corrected chi connectivity index (χ3v) is 6.15. The summed E-state index contributed by atoms with van der Waals surface area (Å²) in [6, 6.07) is 0.349. The number of fused-ring (bicyclic) bond motifs is 1. The molecule has 3 aromatic rings. The first-order valence-electron chi connectivity index (χ1n) is 9.32. The van der Waals surface area contributed by atoms with Crippen molar-refractivity contribution in [2.45, 2.75) is 25.8 Å². The smallest absolute Gasteiger partial charge is 0.145 e. The second-order valence-electron chi connectivity index (χ2n) is 6.98. The van der Waals surface area contributed by atoms with Gasteiger partial charge in [0.15, 0.2) is 0 Å². The molecule has 2 aliphatic heterocycles. The molecule has 0 aromatic carbocycles. The summed E-state index contributed by atoms with van der Waals surface area (Å²) < 4.78 is 0.